The van der Waals surface area contributed by atoms with Crippen LogP contribution >= 0.6 is 0 Å². The van der Waals surface area contributed by atoms with Crippen molar-refractivity contribution in [2.75, 3.05) is 0 Å². The second-order valence-corrected chi connectivity index (χ2v) is 5.45. The van der Waals surface area contributed by atoms with Crippen molar-refractivity contribution in [2.24, 2.45) is 0 Å². The van der Waals surface area contributed by atoms with Crippen LogP contribution in [0.5, 0.6) is 0 Å². The fourth-order valence-electron chi connectivity index (χ4n) is 2.90. The van der Waals surface area contributed by atoms with E-state index in [4.69, 9.17) is 0 Å². The van der Waals surface area contributed by atoms with Crippen LogP contribution in [0.25, 0.3) is 33.4 Å². The molecule has 0 N–H and O–H groups in total. The summed E-state index contributed by atoms with van der Waals surface area (Å²) in [5.41, 5.74) is 6.67. The van der Waals surface area contributed by atoms with Crippen molar-refractivity contribution in [3.63, 3.8) is 0 Å². The van der Waals surface area contributed by atoms with Crippen LogP contribution in [-0.4, -0.2) is 15.0 Å². The maximum absolute atomic E-state index is 4.30. The standard InChI is InChI=1S/C21H15N3/c1-8-19(16-5-2-10-22-13-16)21(18-7-4-12-24-15-18)20(9-1)17-6-3-11-23-14-17/h1-15H. The molecule has 0 bridgehead atoms. The maximum Gasteiger partial charge on any atom is 0.0346 e. The van der Waals surface area contributed by atoms with E-state index >= 15 is 0 Å². The molecule has 3 nitrogen and oxygen atoms in total. The van der Waals surface area contributed by atoms with Gasteiger partial charge in [0.15, 0.2) is 0 Å². The Balaban J connectivity index is 2.02. The fraction of sp³-hybridized carbons (Fsp3) is 0. The van der Waals surface area contributed by atoms with Crippen LogP contribution in [0.4, 0.5) is 0 Å². The van der Waals surface area contributed by atoms with Crippen LogP contribution in [0.3, 0.4) is 0 Å². The lowest BCUT2D eigenvalue weighted by Gasteiger charge is -2.15. The third-order valence-corrected chi connectivity index (χ3v) is 3.96. The van der Waals surface area contributed by atoms with Gasteiger partial charge < -0.3 is 0 Å². The fourth-order valence-corrected chi connectivity index (χ4v) is 2.90. The first kappa shape index (κ1) is 14.3. The number of benzene rings is 1. The van der Waals surface area contributed by atoms with E-state index in [1.54, 1.807) is 18.6 Å². The van der Waals surface area contributed by atoms with E-state index < -0.39 is 0 Å². The van der Waals surface area contributed by atoms with Gasteiger partial charge in [-0.15, -0.1) is 0 Å². The molecule has 0 atom stereocenters. The lowest BCUT2D eigenvalue weighted by Crippen LogP contribution is -1.91. The van der Waals surface area contributed by atoms with Gasteiger partial charge in [0.05, 0.1) is 0 Å². The molecular formula is C21H15N3. The highest BCUT2D eigenvalue weighted by Gasteiger charge is 2.14. The summed E-state index contributed by atoms with van der Waals surface area (Å²) in [6.45, 7) is 0. The highest BCUT2D eigenvalue weighted by molar-refractivity contribution is 5.93. The minimum Gasteiger partial charge on any atom is -0.264 e. The lowest BCUT2D eigenvalue weighted by atomic mass is 9.89. The molecule has 0 amide bonds. The molecule has 0 aliphatic carbocycles. The average molecular weight is 309 g/mol. The smallest absolute Gasteiger partial charge is 0.0346 e. The average Bonchev–Trinajstić information content (AvgIpc) is 2.69. The topological polar surface area (TPSA) is 38.7 Å². The van der Waals surface area contributed by atoms with E-state index in [1.165, 1.54) is 0 Å². The minimum absolute atomic E-state index is 1.08. The van der Waals surface area contributed by atoms with Crippen LogP contribution in [0.15, 0.2) is 91.8 Å². The predicted molar refractivity (Wildman–Crippen MR) is 96.1 cm³/mol. The van der Waals surface area contributed by atoms with Crippen LogP contribution in [0.2, 0.25) is 0 Å². The molecular weight excluding hydrogens is 294 g/mol. The molecule has 4 rings (SSSR count). The zero-order valence-electron chi connectivity index (χ0n) is 13.0. The number of hydrogen-bond acceptors (Lipinski definition) is 3. The highest BCUT2D eigenvalue weighted by atomic mass is 14.6. The molecule has 0 radical (unpaired) electrons. The molecule has 0 aliphatic heterocycles. The van der Waals surface area contributed by atoms with E-state index in [1.807, 2.05) is 36.8 Å². The molecule has 3 heterocycles. The van der Waals surface area contributed by atoms with Crippen molar-refractivity contribution >= 4 is 0 Å². The molecule has 0 aliphatic rings. The van der Waals surface area contributed by atoms with Gasteiger partial charge in [-0.2, -0.15) is 0 Å². The van der Waals surface area contributed by atoms with Crippen molar-refractivity contribution in [3.05, 3.63) is 91.8 Å². The molecule has 0 saturated carbocycles. The Bertz CT molecular complexity index is 879. The van der Waals surface area contributed by atoms with Crippen LogP contribution in [0.1, 0.15) is 0 Å². The van der Waals surface area contributed by atoms with Crippen molar-refractivity contribution < 1.29 is 0 Å². The summed E-state index contributed by atoms with van der Waals surface area (Å²) in [5, 5.41) is 0. The summed E-state index contributed by atoms with van der Waals surface area (Å²) in [6, 6.07) is 18.4. The molecule has 24 heavy (non-hydrogen) atoms. The maximum atomic E-state index is 4.30. The van der Waals surface area contributed by atoms with Gasteiger partial charge in [0.2, 0.25) is 0 Å². The second kappa shape index (κ2) is 6.42. The number of nitrogens with zero attached hydrogens (tertiary/aromatic N) is 3. The Morgan fingerprint density at radius 2 is 0.917 bits per heavy atom. The Labute approximate surface area is 140 Å². The lowest BCUT2D eigenvalue weighted by molar-refractivity contribution is 1.31. The first-order valence-corrected chi connectivity index (χ1v) is 7.78. The normalized spacial score (nSPS) is 10.5. The summed E-state index contributed by atoms with van der Waals surface area (Å²) < 4.78 is 0. The van der Waals surface area contributed by atoms with Crippen molar-refractivity contribution in [3.8, 4) is 33.4 Å². The van der Waals surface area contributed by atoms with Gasteiger partial charge in [0.25, 0.3) is 0 Å². The summed E-state index contributed by atoms with van der Waals surface area (Å²) in [7, 11) is 0. The van der Waals surface area contributed by atoms with Gasteiger partial charge in [0, 0.05) is 53.9 Å². The van der Waals surface area contributed by atoms with Gasteiger partial charge in [0.1, 0.15) is 0 Å². The SMILES string of the molecule is c1cncc(-c2cccc(-c3cccnc3)c2-c2cccnc2)c1. The van der Waals surface area contributed by atoms with Crippen molar-refractivity contribution in [1.82, 2.24) is 15.0 Å². The molecule has 1 aromatic carbocycles. The molecule has 3 aromatic heterocycles. The van der Waals surface area contributed by atoms with Gasteiger partial charge >= 0.3 is 0 Å². The molecule has 3 heteroatoms. The Hall–Kier alpha value is -3.33. The van der Waals surface area contributed by atoms with E-state index in [0.29, 0.717) is 0 Å². The number of aromatic nitrogens is 3. The zero-order valence-corrected chi connectivity index (χ0v) is 13.0. The van der Waals surface area contributed by atoms with Crippen molar-refractivity contribution in [1.29, 1.82) is 0 Å². The quantitative estimate of drug-likeness (QED) is 0.542. The van der Waals surface area contributed by atoms with E-state index in [2.05, 4.69) is 51.4 Å². The van der Waals surface area contributed by atoms with Crippen molar-refractivity contribution in [2.45, 2.75) is 0 Å². The molecule has 0 saturated heterocycles. The molecule has 114 valence electrons. The Morgan fingerprint density at radius 3 is 1.33 bits per heavy atom. The van der Waals surface area contributed by atoms with E-state index in [9.17, 15) is 0 Å². The second-order valence-electron chi connectivity index (χ2n) is 5.45. The monoisotopic (exact) mass is 309 g/mol. The summed E-state index contributed by atoms with van der Waals surface area (Å²) in [6.07, 6.45) is 11.1. The first-order chi connectivity index (χ1) is 11.9. The molecule has 0 fully saturated rings. The van der Waals surface area contributed by atoms with Crippen LogP contribution in [-0.2, 0) is 0 Å². The minimum atomic E-state index is 1.08. The van der Waals surface area contributed by atoms with Gasteiger partial charge in [-0.25, -0.2) is 0 Å². The molecule has 0 unspecified atom stereocenters. The Kier molecular flexibility index (Phi) is 3.82. The van der Waals surface area contributed by atoms with Crippen LogP contribution in [0, 0.1) is 0 Å². The number of hydrogen-bond donors (Lipinski definition) is 0. The third-order valence-electron chi connectivity index (χ3n) is 3.96. The number of pyridine rings is 3. The largest absolute Gasteiger partial charge is 0.264 e. The summed E-state index contributed by atoms with van der Waals surface area (Å²) in [5.74, 6) is 0. The summed E-state index contributed by atoms with van der Waals surface area (Å²) >= 11 is 0. The predicted octanol–water partition coefficient (Wildman–Crippen LogP) is 4.87. The number of rotatable bonds is 3. The van der Waals surface area contributed by atoms with Gasteiger partial charge in [-0.3, -0.25) is 15.0 Å². The van der Waals surface area contributed by atoms with E-state index in [0.717, 1.165) is 33.4 Å². The zero-order chi connectivity index (χ0) is 16.2. The van der Waals surface area contributed by atoms with Gasteiger partial charge in [-0.05, 0) is 34.9 Å². The Morgan fingerprint density at radius 1 is 0.458 bits per heavy atom. The highest BCUT2D eigenvalue weighted by Crippen LogP contribution is 2.39. The molecule has 4 aromatic rings. The third kappa shape index (κ3) is 2.68. The van der Waals surface area contributed by atoms with Crippen LogP contribution < -0.4 is 0 Å². The first-order valence-electron chi connectivity index (χ1n) is 7.78. The van der Waals surface area contributed by atoms with Gasteiger partial charge in [-0.1, -0.05) is 36.4 Å². The molecule has 0 spiro atoms. The summed E-state index contributed by atoms with van der Waals surface area (Å²) in [4.78, 5) is 12.8. The van der Waals surface area contributed by atoms with E-state index in [-0.39, 0.29) is 0 Å².